The smallest absolute Gasteiger partial charge is 0.248 e. The number of fused-ring (bicyclic) bond motifs is 1. The van der Waals surface area contributed by atoms with Crippen LogP contribution in [0.5, 0.6) is 0 Å². The summed E-state index contributed by atoms with van der Waals surface area (Å²) in [6.07, 6.45) is 0. The van der Waals surface area contributed by atoms with E-state index in [9.17, 15) is 14.4 Å². The zero-order valence-corrected chi connectivity index (χ0v) is 11.1. The molecule has 0 radical (unpaired) electrons. The molecule has 2 aliphatic rings. The Morgan fingerprint density at radius 2 is 1.74 bits per heavy atom. The topological polar surface area (TPSA) is 76.2 Å². The Kier molecular flexibility index (Phi) is 4.16. The van der Waals surface area contributed by atoms with Gasteiger partial charge in [-0.2, -0.15) is 0 Å². The molecule has 2 heterocycles. The first-order valence-corrected chi connectivity index (χ1v) is 6.21. The second-order valence-electron chi connectivity index (χ2n) is 4.77. The van der Waals surface area contributed by atoms with Crippen molar-refractivity contribution >= 4 is 17.7 Å². The first-order valence-electron chi connectivity index (χ1n) is 6.21. The van der Waals surface area contributed by atoms with E-state index in [0.29, 0.717) is 19.7 Å². The summed E-state index contributed by atoms with van der Waals surface area (Å²) in [5.41, 5.74) is 0. The molecule has 106 valence electrons. The van der Waals surface area contributed by atoms with Gasteiger partial charge in [0.1, 0.15) is 6.61 Å². The lowest BCUT2D eigenvalue weighted by Gasteiger charge is -2.20. The van der Waals surface area contributed by atoms with Crippen molar-refractivity contribution in [1.82, 2.24) is 9.80 Å². The largest absolute Gasteiger partial charge is 0.383 e. The Morgan fingerprint density at radius 3 is 2.21 bits per heavy atom. The molecule has 0 aliphatic carbocycles. The van der Waals surface area contributed by atoms with Gasteiger partial charge in [-0.25, -0.2) is 0 Å². The van der Waals surface area contributed by atoms with Gasteiger partial charge in [-0.15, -0.1) is 0 Å². The van der Waals surface area contributed by atoms with Crippen LogP contribution < -0.4 is 0 Å². The van der Waals surface area contributed by atoms with E-state index in [2.05, 4.69) is 0 Å². The Balaban J connectivity index is 2.00. The molecular weight excluding hydrogens is 252 g/mol. The normalized spacial score (nSPS) is 26.2. The van der Waals surface area contributed by atoms with Gasteiger partial charge in [0, 0.05) is 27.3 Å². The molecule has 0 unspecified atom stereocenters. The van der Waals surface area contributed by atoms with Crippen LogP contribution in [0, 0.1) is 11.8 Å². The molecule has 3 amide bonds. The van der Waals surface area contributed by atoms with Gasteiger partial charge in [-0.05, 0) is 0 Å². The van der Waals surface area contributed by atoms with Crippen molar-refractivity contribution in [3.63, 3.8) is 0 Å². The number of carbonyl (C=O) groups is 3. The predicted molar refractivity (Wildman–Crippen MR) is 64.0 cm³/mol. The molecule has 2 fully saturated rings. The number of likely N-dealkylation sites (tertiary alicyclic amines) is 2. The molecule has 0 aromatic carbocycles. The lowest BCUT2D eigenvalue weighted by Crippen LogP contribution is -2.40. The van der Waals surface area contributed by atoms with Gasteiger partial charge >= 0.3 is 0 Å². The molecule has 0 N–H and O–H groups in total. The fraction of sp³-hybridized carbons (Fsp3) is 0.750. The summed E-state index contributed by atoms with van der Waals surface area (Å²) in [5.74, 6) is -1.37. The maximum atomic E-state index is 12.1. The van der Waals surface area contributed by atoms with Crippen LogP contribution in [0.3, 0.4) is 0 Å². The first-order chi connectivity index (χ1) is 9.10. The number of hydrogen-bond acceptors (Lipinski definition) is 5. The van der Waals surface area contributed by atoms with E-state index in [-0.39, 0.29) is 30.9 Å². The summed E-state index contributed by atoms with van der Waals surface area (Å²) in [5, 5.41) is 0. The van der Waals surface area contributed by atoms with Crippen molar-refractivity contribution in [2.24, 2.45) is 11.8 Å². The summed E-state index contributed by atoms with van der Waals surface area (Å²) in [7, 11) is 2.97. The van der Waals surface area contributed by atoms with Gasteiger partial charge < -0.3 is 14.4 Å². The van der Waals surface area contributed by atoms with Crippen LogP contribution in [-0.2, 0) is 23.9 Å². The van der Waals surface area contributed by atoms with Crippen molar-refractivity contribution in [3.05, 3.63) is 0 Å². The molecule has 0 spiro atoms. The highest BCUT2D eigenvalue weighted by molar-refractivity contribution is 6.06. The van der Waals surface area contributed by atoms with E-state index in [4.69, 9.17) is 9.47 Å². The van der Waals surface area contributed by atoms with Crippen molar-refractivity contribution < 1.29 is 23.9 Å². The molecular formula is C12H18N2O5. The fourth-order valence-corrected chi connectivity index (χ4v) is 2.63. The molecule has 19 heavy (non-hydrogen) atoms. The first kappa shape index (κ1) is 14.0. The minimum atomic E-state index is -0.398. The summed E-state index contributed by atoms with van der Waals surface area (Å²) in [6, 6.07) is 0. The van der Waals surface area contributed by atoms with Crippen LogP contribution in [0.1, 0.15) is 0 Å². The van der Waals surface area contributed by atoms with E-state index in [1.807, 2.05) is 0 Å². The van der Waals surface area contributed by atoms with Gasteiger partial charge in [0.15, 0.2) is 0 Å². The Bertz CT molecular complexity index is 374. The molecule has 2 saturated heterocycles. The maximum Gasteiger partial charge on any atom is 0.248 e. The summed E-state index contributed by atoms with van der Waals surface area (Å²) in [4.78, 5) is 38.7. The fourth-order valence-electron chi connectivity index (χ4n) is 2.63. The number of imide groups is 1. The van der Waals surface area contributed by atoms with Crippen LogP contribution in [0.4, 0.5) is 0 Å². The van der Waals surface area contributed by atoms with Gasteiger partial charge in [0.25, 0.3) is 0 Å². The van der Waals surface area contributed by atoms with E-state index >= 15 is 0 Å². The highest BCUT2D eigenvalue weighted by Crippen LogP contribution is 2.33. The molecule has 0 aromatic heterocycles. The van der Waals surface area contributed by atoms with Gasteiger partial charge in [-0.3, -0.25) is 19.3 Å². The van der Waals surface area contributed by atoms with Crippen LogP contribution in [0.25, 0.3) is 0 Å². The average Bonchev–Trinajstić information content (AvgIpc) is 2.91. The molecule has 7 heteroatoms. The molecule has 2 aliphatic heterocycles. The van der Waals surface area contributed by atoms with Crippen LogP contribution in [0.2, 0.25) is 0 Å². The number of rotatable bonds is 5. The number of carbonyl (C=O) groups excluding carboxylic acids is 3. The molecule has 2 atom stereocenters. The second kappa shape index (κ2) is 5.66. The molecule has 0 aromatic rings. The van der Waals surface area contributed by atoms with E-state index in [1.165, 1.54) is 24.0 Å². The predicted octanol–water partition coefficient (Wildman–Crippen LogP) is -1.28. The second-order valence-corrected chi connectivity index (χ2v) is 4.77. The number of ether oxygens (including phenoxy) is 2. The summed E-state index contributed by atoms with van der Waals surface area (Å²) < 4.78 is 9.66. The zero-order chi connectivity index (χ0) is 14.0. The molecule has 7 nitrogen and oxygen atoms in total. The Labute approximate surface area is 111 Å². The maximum absolute atomic E-state index is 12.1. The summed E-state index contributed by atoms with van der Waals surface area (Å²) >= 11 is 0. The van der Waals surface area contributed by atoms with Gasteiger partial charge in [0.2, 0.25) is 17.7 Å². The minimum absolute atomic E-state index is 0.0186. The van der Waals surface area contributed by atoms with Gasteiger partial charge in [-0.1, -0.05) is 0 Å². The number of nitrogens with zero attached hydrogens (tertiary/aromatic N) is 2. The van der Waals surface area contributed by atoms with Gasteiger partial charge in [0.05, 0.1) is 25.0 Å². The number of amides is 3. The molecule has 2 rings (SSSR count). The summed E-state index contributed by atoms with van der Waals surface area (Å²) in [6.45, 7) is 1.22. The van der Waals surface area contributed by atoms with E-state index < -0.39 is 11.8 Å². The van der Waals surface area contributed by atoms with Crippen molar-refractivity contribution in [2.45, 2.75) is 0 Å². The van der Waals surface area contributed by atoms with Crippen molar-refractivity contribution in [1.29, 1.82) is 0 Å². The monoisotopic (exact) mass is 270 g/mol. The zero-order valence-electron chi connectivity index (χ0n) is 11.1. The van der Waals surface area contributed by atoms with Crippen molar-refractivity contribution in [2.75, 3.05) is 47.1 Å². The van der Waals surface area contributed by atoms with Crippen LogP contribution in [0.15, 0.2) is 0 Å². The highest BCUT2D eigenvalue weighted by Gasteiger charge is 2.52. The third-order valence-electron chi connectivity index (χ3n) is 3.63. The van der Waals surface area contributed by atoms with Crippen LogP contribution in [-0.4, -0.2) is 74.6 Å². The number of hydrogen-bond donors (Lipinski definition) is 0. The SMILES string of the molecule is COCCN1C(=O)[C@H]2CN(C(=O)COC)C[C@H]2C1=O. The third kappa shape index (κ3) is 2.48. The Hall–Kier alpha value is -1.47. The number of methoxy groups -OCH3 is 2. The third-order valence-corrected chi connectivity index (χ3v) is 3.63. The quantitative estimate of drug-likeness (QED) is 0.582. The Morgan fingerprint density at radius 1 is 1.16 bits per heavy atom. The highest BCUT2D eigenvalue weighted by atomic mass is 16.5. The molecule has 0 bridgehead atoms. The minimum Gasteiger partial charge on any atom is -0.383 e. The average molecular weight is 270 g/mol. The lowest BCUT2D eigenvalue weighted by atomic mass is 10.00. The van der Waals surface area contributed by atoms with Crippen LogP contribution >= 0.6 is 0 Å². The lowest BCUT2D eigenvalue weighted by molar-refractivity contribution is -0.142. The van der Waals surface area contributed by atoms with E-state index in [0.717, 1.165) is 0 Å². The van der Waals surface area contributed by atoms with Crippen molar-refractivity contribution in [3.8, 4) is 0 Å². The standard InChI is InChI=1S/C12H18N2O5/c1-18-4-3-14-11(16)8-5-13(10(15)7-19-2)6-9(8)12(14)17/h8-9H,3-7H2,1-2H3/t8-,9+. The molecule has 0 saturated carbocycles. The van der Waals surface area contributed by atoms with E-state index in [1.54, 1.807) is 0 Å².